The quantitative estimate of drug-likeness (QED) is 0.773. The molecule has 2 aromatic rings. The second kappa shape index (κ2) is 9.71. The number of nitrogens with zero attached hydrogens (tertiary/aromatic N) is 1. The number of carbonyl (C=O) groups is 2. The maximum absolute atomic E-state index is 13.2. The third-order valence-corrected chi connectivity index (χ3v) is 3.81. The van der Waals surface area contributed by atoms with E-state index in [2.05, 4.69) is 5.32 Å². The van der Waals surface area contributed by atoms with Crippen molar-refractivity contribution in [2.45, 2.75) is 33.3 Å². The van der Waals surface area contributed by atoms with Crippen molar-refractivity contribution >= 4 is 17.5 Å². The molecule has 0 aromatic heterocycles. The molecule has 2 amide bonds. The van der Waals surface area contributed by atoms with Gasteiger partial charge in [-0.15, -0.1) is 0 Å². The van der Waals surface area contributed by atoms with Crippen molar-refractivity contribution in [3.8, 4) is 5.75 Å². The third kappa shape index (κ3) is 6.73. The van der Waals surface area contributed by atoms with Crippen LogP contribution in [0.4, 0.5) is 10.1 Å². The van der Waals surface area contributed by atoms with Crippen LogP contribution in [0.5, 0.6) is 5.75 Å². The molecule has 2 aromatic carbocycles. The highest BCUT2D eigenvalue weighted by Crippen LogP contribution is 2.20. The largest absolute Gasteiger partial charge is 0.491 e. The molecule has 0 aliphatic carbocycles. The number of hydrogen-bond donors (Lipinski definition) is 1. The summed E-state index contributed by atoms with van der Waals surface area (Å²) >= 11 is 0. The van der Waals surface area contributed by atoms with Crippen molar-refractivity contribution in [2.24, 2.45) is 0 Å². The molecule has 0 heterocycles. The molecular formula is C21H25FN2O3. The molecule has 0 radical (unpaired) electrons. The fourth-order valence-electron chi connectivity index (χ4n) is 2.65. The Morgan fingerprint density at radius 2 is 1.85 bits per heavy atom. The number of nitrogens with one attached hydrogen (secondary N) is 1. The fraction of sp³-hybridized carbons (Fsp3) is 0.333. The summed E-state index contributed by atoms with van der Waals surface area (Å²) in [7, 11) is 0. The van der Waals surface area contributed by atoms with Gasteiger partial charge in [0.1, 0.15) is 11.6 Å². The number of anilines is 1. The summed E-state index contributed by atoms with van der Waals surface area (Å²) in [5.74, 6) is 0.0327. The lowest BCUT2D eigenvalue weighted by molar-refractivity contribution is -0.121. The van der Waals surface area contributed by atoms with Crippen molar-refractivity contribution in [1.29, 1.82) is 0 Å². The van der Waals surface area contributed by atoms with Crippen LogP contribution in [0.25, 0.3) is 0 Å². The summed E-state index contributed by atoms with van der Waals surface area (Å²) < 4.78 is 18.8. The van der Waals surface area contributed by atoms with Gasteiger partial charge in [0.2, 0.25) is 11.8 Å². The first kappa shape index (κ1) is 20.4. The molecule has 1 N–H and O–H groups in total. The summed E-state index contributed by atoms with van der Waals surface area (Å²) in [5, 5.41) is 2.76. The van der Waals surface area contributed by atoms with Crippen LogP contribution in [0.15, 0.2) is 48.5 Å². The lowest BCUT2D eigenvalue weighted by Crippen LogP contribution is -2.38. The lowest BCUT2D eigenvalue weighted by Gasteiger charge is -2.22. The Morgan fingerprint density at radius 1 is 1.15 bits per heavy atom. The molecule has 0 fully saturated rings. The molecular weight excluding hydrogens is 347 g/mol. The number of hydrogen-bond acceptors (Lipinski definition) is 3. The minimum Gasteiger partial charge on any atom is -0.491 e. The van der Waals surface area contributed by atoms with Crippen molar-refractivity contribution in [3.05, 3.63) is 59.9 Å². The number of halogens is 1. The number of amides is 2. The van der Waals surface area contributed by atoms with E-state index < -0.39 is 0 Å². The predicted octanol–water partition coefficient (Wildman–Crippen LogP) is 3.32. The molecule has 0 spiro atoms. The van der Waals surface area contributed by atoms with Gasteiger partial charge in [0.15, 0.2) is 0 Å². The van der Waals surface area contributed by atoms with Crippen LogP contribution >= 0.6 is 0 Å². The van der Waals surface area contributed by atoms with Crippen LogP contribution in [0.3, 0.4) is 0 Å². The van der Waals surface area contributed by atoms with Crippen molar-refractivity contribution in [2.75, 3.05) is 18.0 Å². The maximum atomic E-state index is 13.2. The molecule has 27 heavy (non-hydrogen) atoms. The lowest BCUT2D eigenvalue weighted by atomic mass is 10.1. The highest BCUT2D eigenvalue weighted by molar-refractivity contribution is 5.91. The minimum absolute atomic E-state index is 0.0769. The molecule has 144 valence electrons. The summed E-state index contributed by atoms with van der Waals surface area (Å²) in [6, 6.07) is 13.2. The van der Waals surface area contributed by atoms with Crippen molar-refractivity contribution in [3.63, 3.8) is 0 Å². The first-order chi connectivity index (χ1) is 12.8. The van der Waals surface area contributed by atoms with Gasteiger partial charge in [-0.1, -0.05) is 12.1 Å². The van der Waals surface area contributed by atoms with Gasteiger partial charge >= 0.3 is 0 Å². The zero-order valence-corrected chi connectivity index (χ0v) is 15.9. The van der Waals surface area contributed by atoms with E-state index in [4.69, 9.17) is 4.74 Å². The van der Waals surface area contributed by atoms with Crippen LogP contribution in [0.1, 0.15) is 26.3 Å². The zero-order chi connectivity index (χ0) is 19.8. The molecule has 0 saturated heterocycles. The second-order valence-electron chi connectivity index (χ2n) is 6.49. The SMILES string of the molecule is CC(=O)N(CCNC(=O)Cc1cccc(F)c1)c1ccc(OC(C)C)cc1. The molecule has 0 aliphatic rings. The summed E-state index contributed by atoms with van der Waals surface area (Å²) in [4.78, 5) is 25.5. The van der Waals surface area contributed by atoms with Crippen LogP contribution < -0.4 is 15.0 Å². The minimum atomic E-state index is -0.368. The second-order valence-corrected chi connectivity index (χ2v) is 6.49. The molecule has 2 rings (SSSR count). The smallest absolute Gasteiger partial charge is 0.224 e. The van der Waals surface area contributed by atoms with Crippen LogP contribution in [0.2, 0.25) is 0 Å². The van der Waals surface area contributed by atoms with Crippen LogP contribution in [-0.4, -0.2) is 31.0 Å². The fourth-order valence-corrected chi connectivity index (χ4v) is 2.65. The Kier molecular flexibility index (Phi) is 7.34. The van der Waals surface area contributed by atoms with E-state index in [9.17, 15) is 14.0 Å². The first-order valence-electron chi connectivity index (χ1n) is 8.91. The zero-order valence-electron chi connectivity index (χ0n) is 15.9. The van der Waals surface area contributed by atoms with E-state index in [1.54, 1.807) is 17.0 Å². The molecule has 0 aliphatic heterocycles. The molecule has 0 bridgehead atoms. The van der Waals surface area contributed by atoms with Crippen LogP contribution in [-0.2, 0) is 16.0 Å². The van der Waals surface area contributed by atoms with E-state index in [1.807, 2.05) is 38.1 Å². The van der Waals surface area contributed by atoms with E-state index >= 15 is 0 Å². The Balaban J connectivity index is 1.89. The molecule has 0 saturated carbocycles. The predicted molar refractivity (Wildman–Crippen MR) is 103 cm³/mol. The standard InChI is InChI=1S/C21H25FN2O3/c1-15(2)27-20-9-7-19(8-10-20)24(16(3)25)12-11-23-21(26)14-17-5-4-6-18(22)13-17/h4-10,13,15H,11-12,14H2,1-3H3,(H,23,26). The highest BCUT2D eigenvalue weighted by atomic mass is 19.1. The third-order valence-electron chi connectivity index (χ3n) is 3.81. The molecule has 6 heteroatoms. The van der Waals surface area contributed by atoms with Gasteiger partial charge in [0.25, 0.3) is 0 Å². The first-order valence-corrected chi connectivity index (χ1v) is 8.91. The average Bonchev–Trinajstić information content (AvgIpc) is 2.59. The highest BCUT2D eigenvalue weighted by Gasteiger charge is 2.12. The topological polar surface area (TPSA) is 58.6 Å². The Hall–Kier alpha value is -2.89. The van der Waals surface area contributed by atoms with Crippen molar-refractivity contribution in [1.82, 2.24) is 5.32 Å². The van der Waals surface area contributed by atoms with E-state index in [1.165, 1.54) is 19.1 Å². The van der Waals surface area contributed by atoms with Gasteiger partial charge in [-0.3, -0.25) is 9.59 Å². The normalized spacial score (nSPS) is 10.6. The monoisotopic (exact) mass is 372 g/mol. The molecule has 5 nitrogen and oxygen atoms in total. The number of carbonyl (C=O) groups excluding carboxylic acids is 2. The number of benzene rings is 2. The summed E-state index contributed by atoms with van der Waals surface area (Å²) in [6.45, 7) is 6.02. The van der Waals surface area contributed by atoms with E-state index in [0.29, 0.717) is 18.7 Å². The van der Waals surface area contributed by atoms with Gasteiger partial charge in [-0.2, -0.15) is 0 Å². The van der Waals surface area contributed by atoms with E-state index in [0.717, 1.165) is 11.4 Å². The number of ether oxygens (including phenoxy) is 1. The van der Waals surface area contributed by atoms with Gasteiger partial charge in [-0.25, -0.2) is 4.39 Å². The van der Waals surface area contributed by atoms with Crippen LogP contribution in [0, 0.1) is 5.82 Å². The number of rotatable bonds is 8. The molecule has 0 atom stereocenters. The van der Waals surface area contributed by atoms with Crippen molar-refractivity contribution < 1.29 is 18.7 Å². The van der Waals surface area contributed by atoms with Gasteiger partial charge in [0.05, 0.1) is 12.5 Å². The van der Waals surface area contributed by atoms with Gasteiger partial charge in [0, 0.05) is 25.7 Å². The van der Waals surface area contributed by atoms with Gasteiger partial charge in [-0.05, 0) is 55.8 Å². The molecule has 0 unspecified atom stereocenters. The van der Waals surface area contributed by atoms with E-state index in [-0.39, 0.29) is 30.2 Å². The average molecular weight is 372 g/mol. The Bertz CT molecular complexity index is 775. The summed E-state index contributed by atoms with van der Waals surface area (Å²) in [5.41, 5.74) is 1.34. The summed E-state index contributed by atoms with van der Waals surface area (Å²) in [6.07, 6.45) is 0.173. The Labute approximate surface area is 159 Å². The maximum Gasteiger partial charge on any atom is 0.224 e. The Morgan fingerprint density at radius 3 is 2.44 bits per heavy atom. The van der Waals surface area contributed by atoms with Gasteiger partial charge < -0.3 is 15.0 Å².